The van der Waals surface area contributed by atoms with Crippen molar-refractivity contribution >= 4 is 22.3 Å². The third-order valence-electron chi connectivity index (χ3n) is 5.07. The number of anilines is 2. The molecular weight excluding hydrogens is 327 g/mol. The normalized spacial score (nSPS) is 15.3. The van der Waals surface area contributed by atoms with Crippen LogP contribution in [0.5, 0.6) is 0 Å². The van der Waals surface area contributed by atoms with E-state index in [-0.39, 0.29) is 5.82 Å². The van der Waals surface area contributed by atoms with Crippen LogP contribution in [0.3, 0.4) is 0 Å². The van der Waals surface area contributed by atoms with Crippen molar-refractivity contribution in [2.45, 2.75) is 25.8 Å². The van der Waals surface area contributed by atoms with Crippen molar-refractivity contribution in [1.29, 1.82) is 0 Å². The Morgan fingerprint density at radius 1 is 1.19 bits per heavy atom. The van der Waals surface area contributed by atoms with Gasteiger partial charge >= 0.3 is 0 Å². The van der Waals surface area contributed by atoms with Gasteiger partial charge in [-0.3, -0.25) is 0 Å². The van der Waals surface area contributed by atoms with Gasteiger partial charge in [0.1, 0.15) is 11.6 Å². The Hall–Kier alpha value is -2.66. The summed E-state index contributed by atoms with van der Waals surface area (Å²) in [7, 11) is 0. The third kappa shape index (κ3) is 3.22. The summed E-state index contributed by atoms with van der Waals surface area (Å²) in [5.74, 6) is 0.279. The van der Waals surface area contributed by atoms with Gasteiger partial charge in [-0.15, -0.1) is 0 Å². The zero-order valence-electron chi connectivity index (χ0n) is 14.8. The number of halogens is 1. The summed E-state index contributed by atoms with van der Waals surface area (Å²) in [5, 5.41) is 9.01. The molecule has 0 aliphatic carbocycles. The molecule has 134 valence electrons. The molecule has 2 heterocycles. The highest BCUT2D eigenvalue weighted by molar-refractivity contribution is 5.98. The highest BCUT2D eigenvalue weighted by Gasteiger charge is 2.16. The zero-order valence-corrected chi connectivity index (χ0v) is 14.8. The van der Waals surface area contributed by atoms with Crippen molar-refractivity contribution in [3.05, 3.63) is 54.0 Å². The minimum atomic E-state index is -0.208. The second kappa shape index (κ2) is 6.92. The molecule has 1 aromatic heterocycles. The molecule has 2 aromatic carbocycles. The van der Waals surface area contributed by atoms with Gasteiger partial charge in [0.2, 0.25) is 0 Å². The van der Waals surface area contributed by atoms with Gasteiger partial charge in [-0.05, 0) is 68.2 Å². The Kier molecular flexibility index (Phi) is 4.47. The average Bonchev–Trinajstić information content (AvgIpc) is 2.63. The molecule has 0 unspecified atom stereocenters. The largest absolute Gasteiger partial charge is 0.384 e. The second-order valence-electron chi connectivity index (χ2n) is 6.95. The maximum atomic E-state index is 14.5. The molecule has 1 aliphatic rings. The monoisotopic (exact) mass is 350 g/mol. The van der Waals surface area contributed by atoms with Gasteiger partial charge in [0.25, 0.3) is 0 Å². The van der Waals surface area contributed by atoms with Crippen LogP contribution in [0.1, 0.15) is 18.4 Å². The molecule has 1 aliphatic heterocycles. The van der Waals surface area contributed by atoms with E-state index < -0.39 is 0 Å². The Morgan fingerprint density at radius 3 is 2.77 bits per heavy atom. The smallest absolute Gasteiger partial charge is 0.131 e. The summed E-state index contributed by atoms with van der Waals surface area (Å²) in [6.07, 6.45) is 3.88. The molecule has 4 N–H and O–H groups in total. The minimum absolute atomic E-state index is 0.208. The van der Waals surface area contributed by atoms with Crippen molar-refractivity contribution in [3.63, 3.8) is 0 Å². The van der Waals surface area contributed by atoms with Crippen molar-refractivity contribution in [2.24, 2.45) is 0 Å². The van der Waals surface area contributed by atoms with Gasteiger partial charge in [-0.2, -0.15) is 0 Å². The number of aryl methyl sites for hydroxylation is 1. The molecule has 0 bridgehead atoms. The maximum absolute atomic E-state index is 14.5. The van der Waals surface area contributed by atoms with E-state index >= 15 is 0 Å². The van der Waals surface area contributed by atoms with Crippen LogP contribution in [-0.4, -0.2) is 24.1 Å². The molecule has 0 amide bonds. The molecule has 0 saturated carbocycles. The van der Waals surface area contributed by atoms with E-state index in [2.05, 4.69) is 15.6 Å². The lowest BCUT2D eigenvalue weighted by molar-refractivity contribution is 0.479. The highest BCUT2D eigenvalue weighted by atomic mass is 19.1. The van der Waals surface area contributed by atoms with Crippen LogP contribution < -0.4 is 16.4 Å². The van der Waals surface area contributed by atoms with E-state index in [0.717, 1.165) is 53.5 Å². The molecule has 26 heavy (non-hydrogen) atoms. The van der Waals surface area contributed by atoms with Gasteiger partial charge in [0.15, 0.2) is 0 Å². The van der Waals surface area contributed by atoms with Crippen LogP contribution in [0.4, 0.5) is 15.9 Å². The van der Waals surface area contributed by atoms with Gasteiger partial charge in [0.05, 0.1) is 0 Å². The van der Waals surface area contributed by atoms with Gasteiger partial charge in [-0.25, -0.2) is 9.37 Å². The number of aromatic nitrogens is 1. The van der Waals surface area contributed by atoms with Crippen LogP contribution in [0.15, 0.2) is 42.6 Å². The van der Waals surface area contributed by atoms with Crippen LogP contribution in [0, 0.1) is 12.7 Å². The van der Waals surface area contributed by atoms with Crippen LogP contribution in [0.25, 0.3) is 21.9 Å². The lowest BCUT2D eigenvalue weighted by Crippen LogP contribution is -2.35. The first kappa shape index (κ1) is 16.8. The molecule has 4 rings (SSSR count). The van der Waals surface area contributed by atoms with Gasteiger partial charge in [-0.1, -0.05) is 12.1 Å². The predicted octanol–water partition coefficient (Wildman–Crippen LogP) is 4.10. The quantitative estimate of drug-likeness (QED) is 0.666. The number of nitrogens with zero attached hydrogens (tertiary/aromatic N) is 1. The fourth-order valence-corrected chi connectivity index (χ4v) is 3.72. The molecule has 4 nitrogen and oxygen atoms in total. The van der Waals surface area contributed by atoms with E-state index in [1.165, 1.54) is 6.07 Å². The van der Waals surface area contributed by atoms with Crippen LogP contribution >= 0.6 is 0 Å². The summed E-state index contributed by atoms with van der Waals surface area (Å²) in [4.78, 5) is 4.22. The summed E-state index contributed by atoms with van der Waals surface area (Å²) >= 11 is 0. The van der Waals surface area contributed by atoms with Gasteiger partial charge in [0, 0.05) is 34.3 Å². The van der Waals surface area contributed by atoms with E-state index in [9.17, 15) is 4.39 Å². The number of hydrogen-bond donors (Lipinski definition) is 3. The molecule has 0 radical (unpaired) electrons. The summed E-state index contributed by atoms with van der Waals surface area (Å²) in [5.41, 5.74) is 9.31. The number of piperidine rings is 1. The molecule has 1 saturated heterocycles. The van der Waals surface area contributed by atoms with E-state index in [4.69, 9.17) is 5.73 Å². The van der Waals surface area contributed by atoms with Crippen molar-refractivity contribution in [3.8, 4) is 11.1 Å². The number of hydrogen-bond acceptors (Lipinski definition) is 4. The van der Waals surface area contributed by atoms with Crippen LogP contribution in [0.2, 0.25) is 0 Å². The molecular formula is C21H23FN4. The molecule has 3 aromatic rings. The topological polar surface area (TPSA) is 63.0 Å². The lowest BCUT2D eigenvalue weighted by Gasteiger charge is -2.26. The lowest BCUT2D eigenvalue weighted by atomic mass is 9.96. The first-order valence-electron chi connectivity index (χ1n) is 9.04. The number of rotatable bonds is 3. The molecule has 0 atom stereocenters. The zero-order chi connectivity index (χ0) is 18.1. The second-order valence-corrected chi connectivity index (χ2v) is 6.95. The SMILES string of the molecule is Cc1cccc(F)c1-c1cc(NC2CCNCC2)c2cc(N)ncc2c1. The summed E-state index contributed by atoms with van der Waals surface area (Å²) in [6, 6.07) is 11.5. The number of nitrogens with two attached hydrogens (primary N) is 1. The highest BCUT2D eigenvalue weighted by Crippen LogP contribution is 2.35. The molecule has 5 heteroatoms. The Labute approximate surface area is 152 Å². The van der Waals surface area contributed by atoms with E-state index in [1.54, 1.807) is 12.3 Å². The molecule has 0 spiro atoms. The average molecular weight is 350 g/mol. The minimum Gasteiger partial charge on any atom is -0.384 e. The van der Waals surface area contributed by atoms with Crippen molar-refractivity contribution in [2.75, 3.05) is 24.1 Å². The Morgan fingerprint density at radius 2 is 2.00 bits per heavy atom. The Balaban J connectivity index is 1.86. The fraction of sp³-hybridized carbons (Fsp3) is 0.286. The first-order valence-corrected chi connectivity index (χ1v) is 9.04. The number of nitrogens with one attached hydrogen (secondary N) is 2. The van der Waals surface area contributed by atoms with Crippen molar-refractivity contribution in [1.82, 2.24) is 10.3 Å². The van der Waals surface area contributed by atoms with Gasteiger partial charge < -0.3 is 16.4 Å². The number of pyridine rings is 1. The standard InChI is InChI=1S/C21H23FN4/c1-13-3-2-4-18(22)21(13)14-9-15-12-25-20(23)11-17(15)19(10-14)26-16-5-7-24-8-6-16/h2-4,9-12,16,24,26H,5-8H2,1H3,(H2,23,25). The third-order valence-corrected chi connectivity index (χ3v) is 5.07. The predicted molar refractivity (Wildman–Crippen MR) is 106 cm³/mol. The summed E-state index contributed by atoms with van der Waals surface area (Å²) in [6.45, 7) is 3.95. The van der Waals surface area contributed by atoms with Crippen molar-refractivity contribution < 1.29 is 4.39 Å². The molecule has 1 fully saturated rings. The Bertz CT molecular complexity index is 928. The number of nitrogen functional groups attached to an aromatic ring is 1. The van der Waals surface area contributed by atoms with E-state index in [1.807, 2.05) is 31.2 Å². The van der Waals surface area contributed by atoms with E-state index in [0.29, 0.717) is 17.4 Å². The van der Waals surface area contributed by atoms with Crippen LogP contribution in [-0.2, 0) is 0 Å². The summed E-state index contributed by atoms with van der Waals surface area (Å²) < 4.78 is 14.5. The number of fused-ring (bicyclic) bond motifs is 1. The first-order chi connectivity index (χ1) is 12.6. The maximum Gasteiger partial charge on any atom is 0.131 e. The number of benzene rings is 2. The fourth-order valence-electron chi connectivity index (χ4n) is 3.72.